The van der Waals surface area contributed by atoms with Gasteiger partial charge in [-0.25, -0.2) is 9.59 Å². The Labute approximate surface area is 103 Å². The van der Waals surface area contributed by atoms with Gasteiger partial charge in [-0.3, -0.25) is 0 Å². The summed E-state index contributed by atoms with van der Waals surface area (Å²) < 4.78 is 0. The van der Waals surface area contributed by atoms with Crippen molar-refractivity contribution in [3.8, 4) is 0 Å². The van der Waals surface area contributed by atoms with Gasteiger partial charge in [-0.2, -0.15) is 0 Å². The van der Waals surface area contributed by atoms with Gasteiger partial charge in [-0.1, -0.05) is 20.3 Å². The lowest BCUT2D eigenvalue weighted by atomic mass is 10.2. The summed E-state index contributed by atoms with van der Waals surface area (Å²) in [4.78, 5) is 19.1. The Kier molecular flexibility index (Phi) is 13.5. The highest BCUT2D eigenvalue weighted by molar-refractivity contribution is 5.89. The van der Waals surface area contributed by atoms with Crippen molar-refractivity contribution in [3.63, 3.8) is 0 Å². The molecule has 0 aliphatic carbocycles. The van der Waals surface area contributed by atoms with Gasteiger partial charge >= 0.3 is 11.9 Å². The molecule has 0 fully saturated rings. The molecule has 1 unspecified atom stereocenters. The third-order valence-corrected chi connectivity index (χ3v) is 1.83. The van der Waals surface area contributed by atoms with Crippen molar-refractivity contribution >= 4 is 11.9 Å². The van der Waals surface area contributed by atoms with Crippen LogP contribution in [0.2, 0.25) is 0 Å². The SMILES string of the molecule is CCCNC(C)CCC.O=C(O)/C=C\C(=O)O. The zero-order valence-electron chi connectivity index (χ0n) is 10.8. The van der Waals surface area contributed by atoms with E-state index in [-0.39, 0.29) is 0 Å². The predicted octanol–water partition coefficient (Wildman–Crippen LogP) is 1.89. The highest BCUT2D eigenvalue weighted by Gasteiger charge is 1.95. The minimum Gasteiger partial charge on any atom is -0.478 e. The fourth-order valence-electron chi connectivity index (χ4n) is 1.07. The van der Waals surface area contributed by atoms with Crippen LogP contribution in [0, 0.1) is 0 Å². The van der Waals surface area contributed by atoms with Crippen molar-refractivity contribution in [2.75, 3.05) is 6.54 Å². The molecule has 5 nitrogen and oxygen atoms in total. The maximum Gasteiger partial charge on any atom is 0.328 e. The molecule has 0 amide bonds. The molecule has 0 aromatic rings. The molecule has 0 aromatic heterocycles. The van der Waals surface area contributed by atoms with E-state index >= 15 is 0 Å². The van der Waals surface area contributed by atoms with Crippen LogP contribution in [0.5, 0.6) is 0 Å². The fourth-order valence-corrected chi connectivity index (χ4v) is 1.07. The van der Waals surface area contributed by atoms with Crippen LogP contribution >= 0.6 is 0 Å². The maximum absolute atomic E-state index is 9.55. The topological polar surface area (TPSA) is 86.6 Å². The third-order valence-electron chi connectivity index (χ3n) is 1.83. The Bertz CT molecular complexity index is 223. The normalized spacial score (nSPS) is 11.7. The van der Waals surface area contributed by atoms with Crippen LogP contribution in [0.4, 0.5) is 0 Å². The highest BCUT2D eigenvalue weighted by atomic mass is 16.4. The first-order valence-corrected chi connectivity index (χ1v) is 5.81. The smallest absolute Gasteiger partial charge is 0.328 e. The largest absolute Gasteiger partial charge is 0.478 e. The number of carboxylic acid groups (broad SMARTS) is 2. The van der Waals surface area contributed by atoms with Crippen molar-refractivity contribution in [1.82, 2.24) is 5.32 Å². The molecule has 0 saturated heterocycles. The molecule has 0 aliphatic heterocycles. The molecule has 0 heterocycles. The van der Waals surface area contributed by atoms with Gasteiger partial charge in [-0.15, -0.1) is 0 Å². The monoisotopic (exact) mass is 245 g/mol. The lowest BCUT2D eigenvalue weighted by molar-refractivity contribution is -0.134. The zero-order valence-corrected chi connectivity index (χ0v) is 10.8. The first-order chi connectivity index (χ1) is 7.93. The van der Waals surface area contributed by atoms with Gasteiger partial charge in [0.05, 0.1) is 0 Å². The maximum atomic E-state index is 9.55. The second-order valence-electron chi connectivity index (χ2n) is 3.65. The Morgan fingerprint density at radius 1 is 1.12 bits per heavy atom. The summed E-state index contributed by atoms with van der Waals surface area (Å²) in [6, 6.07) is 0.718. The molecule has 0 aliphatic rings. The van der Waals surface area contributed by atoms with Crippen molar-refractivity contribution < 1.29 is 19.8 Å². The Balaban J connectivity index is 0. The number of rotatable bonds is 7. The van der Waals surface area contributed by atoms with Crippen LogP contribution in [-0.4, -0.2) is 34.7 Å². The summed E-state index contributed by atoms with van der Waals surface area (Å²) in [7, 11) is 0. The minimum atomic E-state index is -1.26. The van der Waals surface area contributed by atoms with Crippen molar-refractivity contribution in [1.29, 1.82) is 0 Å². The van der Waals surface area contributed by atoms with E-state index in [1.54, 1.807) is 0 Å². The van der Waals surface area contributed by atoms with E-state index in [0.29, 0.717) is 12.2 Å². The van der Waals surface area contributed by atoms with Crippen LogP contribution in [-0.2, 0) is 9.59 Å². The summed E-state index contributed by atoms with van der Waals surface area (Å²) in [6.07, 6.45) is 4.95. The average Bonchev–Trinajstić information content (AvgIpc) is 2.25. The molecule has 17 heavy (non-hydrogen) atoms. The van der Waals surface area contributed by atoms with Crippen molar-refractivity contribution in [2.24, 2.45) is 0 Å². The van der Waals surface area contributed by atoms with E-state index in [1.165, 1.54) is 25.8 Å². The van der Waals surface area contributed by atoms with Gasteiger partial charge in [0.25, 0.3) is 0 Å². The number of carbonyl (C=O) groups is 2. The van der Waals surface area contributed by atoms with Crippen LogP contribution in [0.15, 0.2) is 12.2 Å². The van der Waals surface area contributed by atoms with Gasteiger partial charge in [0.2, 0.25) is 0 Å². The molecule has 100 valence electrons. The predicted molar refractivity (Wildman–Crippen MR) is 67.1 cm³/mol. The van der Waals surface area contributed by atoms with Gasteiger partial charge in [0.15, 0.2) is 0 Å². The van der Waals surface area contributed by atoms with Gasteiger partial charge in [0, 0.05) is 18.2 Å². The third kappa shape index (κ3) is 20.7. The molecule has 0 aromatic carbocycles. The second-order valence-corrected chi connectivity index (χ2v) is 3.65. The molecule has 1 atom stereocenters. The lowest BCUT2D eigenvalue weighted by Gasteiger charge is -2.10. The van der Waals surface area contributed by atoms with E-state index < -0.39 is 11.9 Å². The summed E-state index contributed by atoms with van der Waals surface area (Å²) in [5.74, 6) is -2.51. The van der Waals surface area contributed by atoms with Crippen molar-refractivity contribution in [3.05, 3.63) is 12.2 Å². The van der Waals surface area contributed by atoms with Gasteiger partial charge in [0.1, 0.15) is 0 Å². The average molecular weight is 245 g/mol. The molecule has 5 heteroatoms. The van der Waals surface area contributed by atoms with Crippen LogP contribution in [0.1, 0.15) is 40.0 Å². The van der Waals surface area contributed by atoms with E-state index in [1.807, 2.05) is 0 Å². The summed E-state index contributed by atoms with van der Waals surface area (Å²) in [5, 5.41) is 19.1. The molecule has 0 spiro atoms. The summed E-state index contributed by atoms with van der Waals surface area (Å²) in [6.45, 7) is 7.84. The summed E-state index contributed by atoms with van der Waals surface area (Å²) in [5.41, 5.74) is 0. The van der Waals surface area contributed by atoms with Crippen molar-refractivity contribution in [2.45, 2.75) is 46.1 Å². The van der Waals surface area contributed by atoms with Gasteiger partial charge in [-0.05, 0) is 26.3 Å². The highest BCUT2D eigenvalue weighted by Crippen LogP contribution is 1.93. The van der Waals surface area contributed by atoms with E-state index in [0.717, 1.165) is 6.04 Å². The van der Waals surface area contributed by atoms with E-state index in [4.69, 9.17) is 10.2 Å². The molecule has 0 rings (SSSR count). The first kappa shape index (κ1) is 18.0. The molecule has 0 bridgehead atoms. The molecular weight excluding hydrogens is 222 g/mol. The minimum absolute atomic E-state index is 0.558. The van der Waals surface area contributed by atoms with Crippen LogP contribution in [0.25, 0.3) is 0 Å². The molecule has 0 saturated carbocycles. The van der Waals surface area contributed by atoms with Crippen LogP contribution < -0.4 is 5.32 Å². The number of carboxylic acids is 2. The van der Waals surface area contributed by atoms with E-state index in [2.05, 4.69) is 26.1 Å². The first-order valence-electron chi connectivity index (χ1n) is 5.81. The molecular formula is C12H23NO4. The van der Waals surface area contributed by atoms with Gasteiger partial charge < -0.3 is 15.5 Å². The Morgan fingerprint density at radius 2 is 1.59 bits per heavy atom. The standard InChI is InChI=1S/C8H19N.C4H4O4/c1-4-6-8(3)9-7-5-2;5-3(6)1-2-4(7)8/h8-9H,4-7H2,1-3H3;1-2H,(H,5,6)(H,7,8)/b;2-1-. The number of hydrogen-bond acceptors (Lipinski definition) is 3. The van der Waals surface area contributed by atoms with E-state index in [9.17, 15) is 9.59 Å². The zero-order chi connectivity index (χ0) is 13.7. The summed E-state index contributed by atoms with van der Waals surface area (Å²) >= 11 is 0. The number of aliphatic carboxylic acids is 2. The molecule has 3 N–H and O–H groups in total. The quantitative estimate of drug-likeness (QED) is 0.596. The number of hydrogen-bond donors (Lipinski definition) is 3. The molecule has 0 radical (unpaired) electrons. The lowest BCUT2D eigenvalue weighted by Crippen LogP contribution is -2.26. The fraction of sp³-hybridized carbons (Fsp3) is 0.667. The Morgan fingerprint density at radius 3 is 1.88 bits per heavy atom. The number of nitrogens with one attached hydrogen (secondary N) is 1. The second kappa shape index (κ2) is 12.7. The van der Waals surface area contributed by atoms with Crippen LogP contribution in [0.3, 0.4) is 0 Å². The Hall–Kier alpha value is -1.36.